The maximum Gasteiger partial charge on any atom is 0.230 e. The number of hydrogen-bond acceptors (Lipinski definition) is 4. The van der Waals surface area contributed by atoms with Crippen LogP contribution in [0.3, 0.4) is 0 Å². The van der Waals surface area contributed by atoms with Gasteiger partial charge in [0.2, 0.25) is 5.88 Å². The Morgan fingerprint density at radius 2 is 2.19 bits per heavy atom. The summed E-state index contributed by atoms with van der Waals surface area (Å²) in [6.45, 7) is 0. The number of anilines is 1. The van der Waals surface area contributed by atoms with Crippen LogP contribution in [0.2, 0.25) is 5.02 Å². The van der Waals surface area contributed by atoms with Gasteiger partial charge in [0.1, 0.15) is 0 Å². The molecule has 2 N–H and O–H groups in total. The number of methoxy groups -OCH3 is 1. The zero-order valence-electron chi connectivity index (χ0n) is 8.33. The highest BCUT2D eigenvalue weighted by Crippen LogP contribution is 2.37. The second-order valence-electron chi connectivity index (χ2n) is 3.07. The SMILES string of the molecule is COc1c(F)cc(Cl)cc1-c1cnoc1N. The first-order valence-corrected chi connectivity index (χ1v) is 4.75. The molecule has 0 amide bonds. The Morgan fingerprint density at radius 3 is 2.75 bits per heavy atom. The molecule has 0 saturated heterocycles. The van der Waals surface area contributed by atoms with Gasteiger partial charge < -0.3 is 15.0 Å². The molecule has 2 aromatic rings. The topological polar surface area (TPSA) is 61.3 Å². The molecular weight excluding hydrogens is 235 g/mol. The first-order valence-electron chi connectivity index (χ1n) is 4.37. The van der Waals surface area contributed by atoms with Crippen molar-refractivity contribution in [3.05, 3.63) is 29.2 Å². The Hall–Kier alpha value is -1.75. The van der Waals surface area contributed by atoms with E-state index in [9.17, 15) is 4.39 Å². The molecule has 6 heteroatoms. The number of halogens is 2. The third-order valence-electron chi connectivity index (χ3n) is 2.10. The summed E-state index contributed by atoms with van der Waals surface area (Å²) < 4.78 is 23.2. The number of nitrogens with zero attached hydrogens (tertiary/aromatic N) is 1. The molecule has 0 atom stereocenters. The van der Waals surface area contributed by atoms with Gasteiger partial charge in [-0.15, -0.1) is 0 Å². The Morgan fingerprint density at radius 1 is 1.44 bits per heavy atom. The van der Waals surface area contributed by atoms with Gasteiger partial charge in [0, 0.05) is 10.6 Å². The molecule has 1 aromatic carbocycles. The van der Waals surface area contributed by atoms with Gasteiger partial charge in [0.25, 0.3) is 0 Å². The maximum absolute atomic E-state index is 13.5. The van der Waals surface area contributed by atoms with Gasteiger partial charge in [-0.2, -0.15) is 0 Å². The molecule has 0 bridgehead atoms. The van der Waals surface area contributed by atoms with E-state index in [1.54, 1.807) is 0 Å². The van der Waals surface area contributed by atoms with Gasteiger partial charge in [-0.1, -0.05) is 16.8 Å². The van der Waals surface area contributed by atoms with Crippen molar-refractivity contribution in [3.8, 4) is 16.9 Å². The summed E-state index contributed by atoms with van der Waals surface area (Å²) in [7, 11) is 1.36. The molecule has 0 saturated carbocycles. The summed E-state index contributed by atoms with van der Waals surface area (Å²) >= 11 is 5.76. The van der Waals surface area contributed by atoms with Crippen LogP contribution in [0.15, 0.2) is 22.9 Å². The number of aromatic nitrogens is 1. The molecule has 0 aliphatic carbocycles. The molecular formula is C10H8ClFN2O2. The maximum atomic E-state index is 13.5. The summed E-state index contributed by atoms with van der Waals surface area (Å²) in [5.74, 6) is -0.426. The molecule has 0 unspecified atom stereocenters. The van der Waals surface area contributed by atoms with E-state index in [-0.39, 0.29) is 16.7 Å². The fraction of sp³-hybridized carbons (Fsp3) is 0.100. The molecule has 4 nitrogen and oxygen atoms in total. The van der Waals surface area contributed by atoms with Gasteiger partial charge in [-0.3, -0.25) is 0 Å². The molecule has 0 radical (unpaired) electrons. The lowest BCUT2D eigenvalue weighted by Crippen LogP contribution is -1.93. The summed E-state index contributed by atoms with van der Waals surface area (Å²) in [4.78, 5) is 0. The Labute approximate surface area is 95.7 Å². The third-order valence-corrected chi connectivity index (χ3v) is 2.32. The minimum atomic E-state index is -0.564. The van der Waals surface area contributed by atoms with E-state index in [4.69, 9.17) is 26.6 Å². The Balaban J connectivity index is 2.68. The fourth-order valence-corrected chi connectivity index (χ4v) is 1.62. The Bertz CT molecular complexity index is 528. The number of nitrogen functional groups attached to an aromatic ring is 1. The van der Waals surface area contributed by atoms with E-state index in [1.807, 2.05) is 0 Å². The number of benzene rings is 1. The molecule has 0 aliphatic rings. The highest BCUT2D eigenvalue weighted by molar-refractivity contribution is 6.31. The molecule has 1 heterocycles. The summed E-state index contributed by atoms with van der Waals surface area (Å²) in [5.41, 5.74) is 6.40. The average Bonchev–Trinajstić information content (AvgIpc) is 2.63. The molecule has 0 fully saturated rings. The van der Waals surface area contributed by atoms with Crippen LogP contribution < -0.4 is 10.5 Å². The van der Waals surface area contributed by atoms with Crippen molar-refractivity contribution in [1.29, 1.82) is 0 Å². The van der Waals surface area contributed by atoms with Gasteiger partial charge in [0.05, 0.1) is 18.9 Å². The largest absolute Gasteiger partial charge is 0.493 e. The number of nitrogens with two attached hydrogens (primary N) is 1. The van der Waals surface area contributed by atoms with Crippen LogP contribution >= 0.6 is 11.6 Å². The predicted molar refractivity (Wildman–Crippen MR) is 57.9 cm³/mol. The van der Waals surface area contributed by atoms with Crippen molar-refractivity contribution in [2.75, 3.05) is 12.8 Å². The lowest BCUT2D eigenvalue weighted by molar-refractivity contribution is 0.388. The van der Waals surface area contributed by atoms with Crippen molar-refractivity contribution in [2.24, 2.45) is 0 Å². The van der Waals surface area contributed by atoms with Crippen LogP contribution in [0.4, 0.5) is 10.3 Å². The van der Waals surface area contributed by atoms with Crippen LogP contribution in [0.25, 0.3) is 11.1 Å². The van der Waals surface area contributed by atoms with E-state index >= 15 is 0 Å². The molecule has 84 valence electrons. The Kier molecular flexibility index (Phi) is 2.70. The predicted octanol–water partition coefficient (Wildman–Crippen LogP) is 2.72. The average molecular weight is 243 g/mol. The van der Waals surface area contributed by atoms with Crippen molar-refractivity contribution < 1.29 is 13.7 Å². The first-order chi connectivity index (χ1) is 7.63. The van der Waals surface area contributed by atoms with E-state index in [1.165, 1.54) is 19.4 Å². The lowest BCUT2D eigenvalue weighted by Gasteiger charge is -2.08. The van der Waals surface area contributed by atoms with Crippen molar-refractivity contribution in [3.63, 3.8) is 0 Å². The highest BCUT2D eigenvalue weighted by atomic mass is 35.5. The number of rotatable bonds is 2. The van der Waals surface area contributed by atoms with Crippen molar-refractivity contribution >= 4 is 17.5 Å². The summed E-state index contributed by atoms with van der Waals surface area (Å²) in [6.07, 6.45) is 1.38. The van der Waals surface area contributed by atoms with Crippen LogP contribution in [0, 0.1) is 5.82 Å². The van der Waals surface area contributed by atoms with Gasteiger partial charge in [0.15, 0.2) is 11.6 Å². The monoisotopic (exact) mass is 242 g/mol. The number of hydrogen-bond donors (Lipinski definition) is 1. The third kappa shape index (κ3) is 1.69. The zero-order chi connectivity index (χ0) is 11.7. The molecule has 16 heavy (non-hydrogen) atoms. The van der Waals surface area contributed by atoms with E-state index in [0.717, 1.165) is 6.07 Å². The first kappa shape index (κ1) is 10.8. The minimum Gasteiger partial charge on any atom is -0.493 e. The normalized spacial score (nSPS) is 10.4. The van der Waals surface area contributed by atoms with Crippen molar-refractivity contribution in [1.82, 2.24) is 5.16 Å². The number of ether oxygens (including phenoxy) is 1. The standard InChI is InChI=1S/C10H8ClFN2O2/c1-15-9-6(2-5(11)3-8(9)12)7-4-14-16-10(7)13/h2-4H,13H2,1H3. The van der Waals surface area contributed by atoms with E-state index < -0.39 is 5.82 Å². The zero-order valence-corrected chi connectivity index (χ0v) is 9.08. The molecule has 2 rings (SSSR count). The van der Waals surface area contributed by atoms with Gasteiger partial charge in [-0.05, 0) is 12.1 Å². The van der Waals surface area contributed by atoms with E-state index in [0.29, 0.717) is 11.1 Å². The van der Waals surface area contributed by atoms with Crippen LogP contribution in [0.5, 0.6) is 5.75 Å². The van der Waals surface area contributed by atoms with E-state index in [2.05, 4.69) is 5.16 Å². The second kappa shape index (κ2) is 4.02. The lowest BCUT2D eigenvalue weighted by atomic mass is 10.1. The summed E-state index contributed by atoms with van der Waals surface area (Å²) in [5, 5.41) is 3.76. The fourth-order valence-electron chi connectivity index (χ4n) is 1.42. The van der Waals surface area contributed by atoms with Crippen LogP contribution in [0.1, 0.15) is 0 Å². The van der Waals surface area contributed by atoms with Gasteiger partial charge >= 0.3 is 0 Å². The van der Waals surface area contributed by atoms with Crippen molar-refractivity contribution in [2.45, 2.75) is 0 Å². The molecule has 0 spiro atoms. The van der Waals surface area contributed by atoms with Crippen LogP contribution in [-0.2, 0) is 0 Å². The summed E-state index contributed by atoms with van der Waals surface area (Å²) in [6, 6.07) is 2.69. The smallest absolute Gasteiger partial charge is 0.230 e. The highest BCUT2D eigenvalue weighted by Gasteiger charge is 2.17. The second-order valence-corrected chi connectivity index (χ2v) is 3.51. The van der Waals surface area contributed by atoms with Crippen LogP contribution in [-0.4, -0.2) is 12.3 Å². The molecule has 0 aliphatic heterocycles. The van der Waals surface area contributed by atoms with Gasteiger partial charge in [-0.25, -0.2) is 4.39 Å². The quantitative estimate of drug-likeness (QED) is 0.880. The molecule has 1 aromatic heterocycles. The minimum absolute atomic E-state index is 0.0549.